The fourth-order valence-corrected chi connectivity index (χ4v) is 11.7. The molecule has 0 aliphatic carbocycles. The molecule has 6 aromatic carbocycles. The summed E-state index contributed by atoms with van der Waals surface area (Å²) in [5, 5.41) is 45.6. The van der Waals surface area contributed by atoms with Crippen LogP contribution in [0.25, 0.3) is 16.6 Å². The number of carboxylic acids is 1. The van der Waals surface area contributed by atoms with E-state index in [2.05, 4.69) is 51.9 Å². The molecule has 26 nitrogen and oxygen atoms in total. The summed E-state index contributed by atoms with van der Waals surface area (Å²) in [4.78, 5) is 59.9. The zero-order valence-corrected chi connectivity index (χ0v) is 64.0. The van der Waals surface area contributed by atoms with Crippen LogP contribution in [0.2, 0.25) is 0 Å². The van der Waals surface area contributed by atoms with Crippen LogP contribution in [0.3, 0.4) is 0 Å². The van der Waals surface area contributed by atoms with Crippen LogP contribution in [0.5, 0.6) is 40.2 Å². The number of aliphatic hydroxyl groups excluding tert-OH is 2. The Labute approximate surface area is 624 Å². The summed E-state index contributed by atoms with van der Waals surface area (Å²) in [5.41, 5.74) is 15.4. The van der Waals surface area contributed by atoms with Crippen molar-refractivity contribution in [2.24, 2.45) is 0 Å². The third kappa shape index (κ3) is 30.2. The highest BCUT2D eigenvalue weighted by Gasteiger charge is 2.19. The number of aromatic carboxylic acids is 1. The number of carboxylic acid groups (broad SMARTS) is 1. The van der Waals surface area contributed by atoms with Gasteiger partial charge in [0.15, 0.2) is 46.1 Å². The van der Waals surface area contributed by atoms with Crippen molar-refractivity contribution in [2.45, 2.75) is 97.8 Å². The zero-order chi connectivity index (χ0) is 76.3. The maximum Gasteiger partial charge on any atom is 0.337 e. The van der Waals surface area contributed by atoms with Crippen molar-refractivity contribution in [1.82, 2.24) is 29.2 Å². The molecule has 7 aromatic rings. The van der Waals surface area contributed by atoms with Gasteiger partial charge in [-0.3, -0.25) is 29.6 Å². The SMILES string of the molecule is CI.CO.COc1cc(-n2c(C)nc3ccc(C)cc3c2=O)ccc1OCCCN1CCCC1.COc1cc(N)ccc1OCCCN1CCCC1.COc1cc([N+](=O)[O-])ccc1F.COc1cc([N+](=O)[O-])ccc1OCCCN1CCCC1.Cc1ccc(N)c(C(=O)O)c1.OCCCN1CCCC1. The van der Waals surface area contributed by atoms with Gasteiger partial charge in [0.25, 0.3) is 16.9 Å². The second-order valence-corrected chi connectivity index (χ2v) is 24.5. The second-order valence-electron chi connectivity index (χ2n) is 24.5. The van der Waals surface area contributed by atoms with E-state index in [0.717, 1.165) is 106 Å². The molecule has 1 aromatic heterocycles. The first kappa shape index (κ1) is 87.8. The molecule has 0 radical (unpaired) electrons. The molecule has 7 N–H and O–H groups in total. The van der Waals surface area contributed by atoms with E-state index in [1.807, 2.05) is 74.2 Å². The molecule has 4 fully saturated rings. The highest BCUT2D eigenvalue weighted by Crippen LogP contribution is 2.33. The predicted molar refractivity (Wildman–Crippen MR) is 415 cm³/mol. The fraction of sp³-hybridized carbons (Fsp3) is 0.487. The van der Waals surface area contributed by atoms with Crippen molar-refractivity contribution < 1.29 is 67.5 Å². The van der Waals surface area contributed by atoms with E-state index in [9.17, 15) is 34.2 Å². The number of hydrogen-bond donors (Lipinski definition) is 5. The Hall–Kier alpha value is -8.65. The lowest BCUT2D eigenvalue weighted by atomic mass is 10.1. The number of fused-ring (bicyclic) bond motifs is 1. The minimum Gasteiger partial charge on any atom is -0.493 e. The van der Waals surface area contributed by atoms with E-state index in [1.165, 1.54) is 130 Å². The van der Waals surface area contributed by atoms with E-state index >= 15 is 0 Å². The number of nitro groups is 2. The number of non-ortho nitro benzene ring substituents is 2. The van der Waals surface area contributed by atoms with E-state index in [-0.39, 0.29) is 28.2 Å². The number of aryl methyl sites for hydroxylation is 3. The van der Waals surface area contributed by atoms with E-state index in [1.54, 1.807) is 49.1 Å². The van der Waals surface area contributed by atoms with Crippen molar-refractivity contribution in [3.63, 3.8) is 0 Å². The van der Waals surface area contributed by atoms with Crippen LogP contribution < -0.4 is 50.2 Å². The number of rotatable bonds is 26. The number of nitrogens with two attached hydrogens (primary N) is 2. The van der Waals surface area contributed by atoms with Crippen molar-refractivity contribution in [2.75, 3.05) is 157 Å². The number of nitrogens with zero attached hydrogens (tertiary/aromatic N) is 8. The Bertz CT molecular complexity index is 3760. The predicted octanol–water partition coefficient (Wildman–Crippen LogP) is 12.6. The summed E-state index contributed by atoms with van der Waals surface area (Å²) in [6.45, 7) is 22.0. The van der Waals surface area contributed by atoms with Gasteiger partial charge in [-0.1, -0.05) is 45.9 Å². The number of methoxy groups -OCH3 is 4. The summed E-state index contributed by atoms with van der Waals surface area (Å²) >= 11 is 2.15. The molecule has 0 bridgehead atoms. The van der Waals surface area contributed by atoms with Crippen molar-refractivity contribution in [3.05, 3.63) is 168 Å². The van der Waals surface area contributed by atoms with Crippen LogP contribution in [-0.2, 0) is 0 Å². The number of carbonyl (C=O) groups is 1. The van der Waals surface area contributed by atoms with Gasteiger partial charge in [-0.2, -0.15) is 0 Å². The normalized spacial score (nSPS) is 13.9. The summed E-state index contributed by atoms with van der Waals surface area (Å²) in [7, 11) is 6.98. The van der Waals surface area contributed by atoms with Crippen LogP contribution in [0.1, 0.15) is 104 Å². The number of alkyl halides is 1. The molecular formula is C76H108FIN10O16. The molecule has 0 atom stereocenters. The largest absolute Gasteiger partial charge is 0.493 e. The van der Waals surface area contributed by atoms with Crippen LogP contribution in [0, 0.1) is 46.8 Å². The van der Waals surface area contributed by atoms with Crippen LogP contribution >= 0.6 is 22.6 Å². The Kier molecular flexibility index (Phi) is 41.5. The van der Waals surface area contributed by atoms with Gasteiger partial charge in [-0.05, 0) is 216 Å². The third-order valence-corrected chi connectivity index (χ3v) is 17.0. The maximum absolute atomic E-state index is 13.2. The first-order valence-corrected chi connectivity index (χ1v) is 37.1. The number of nitro benzene ring substituents is 2. The third-order valence-electron chi connectivity index (χ3n) is 17.0. The second kappa shape index (κ2) is 49.1. The Morgan fingerprint density at radius 1 is 0.529 bits per heavy atom. The minimum atomic E-state index is -0.980. The lowest BCUT2D eigenvalue weighted by molar-refractivity contribution is -0.385. The van der Waals surface area contributed by atoms with Gasteiger partial charge in [0.2, 0.25) is 0 Å². The van der Waals surface area contributed by atoms with E-state index in [0.29, 0.717) is 76.7 Å². The zero-order valence-electron chi connectivity index (χ0n) is 61.8. The molecule has 0 saturated carbocycles. The topological polar surface area (TPSA) is 329 Å². The lowest BCUT2D eigenvalue weighted by Crippen LogP contribution is -2.22. The Morgan fingerprint density at radius 3 is 1.36 bits per heavy atom. The lowest BCUT2D eigenvalue weighted by Gasteiger charge is -2.17. The Morgan fingerprint density at radius 2 is 0.923 bits per heavy atom. The molecule has 5 heterocycles. The molecule has 28 heteroatoms. The summed E-state index contributed by atoms with van der Waals surface area (Å²) in [6.07, 6.45) is 14.5. The maximum atomic E-state index is 13.2. The molecule has 0 unspecified atom stereocenters. The van der Waals surface area contributed by atoms with Gasteiger partial charge in [-0.15, -0.1) is 0 Å². The number of aliphatic hydroxyl groups is 2. The first-order valence-electron chi connectivity index (χ1n) is 35.0. The molecule has 11 rings (SSSR count). The number of nitrogen functional groups attached to an aromatic ring is 2. The summed E-state index contributed by atoms with van der Waals surface area (Å²) < 4.78 is 52.1. The molecule has 572 valence electrons. The number of benzene rings is 6. The molecular weight excluding hydrogens is 1450 g/mol. The van der Waals surface area contributed by atoms with E-state index < -0.39 is 21.6 Å². The quantitative estimate of drug-likeness (QED) is 0.00840. The molecule has 4 aliphatic heterocycles. The Balaban J connectivity index is 0.000000274. The van der Waals surface area contributed by atoms with Crippen molar-refractivity contribution >= 4 is 62.2 Å². The number of likely N-dealkylation sites (tertiary alicyclic amines) is 4. The molecule has 104 heavy (non-hydrogen) atoms. The standard InChI is InChI=1S/C24H29N3O3.C14H20N2O4.C14H22N2O2.C8H9NO2.C7H6FNO3.C7H15NO.CH3I.CH4O/c1-17-7-9-21-20(15-17)24(28)27(18(2)25-21)19-8-10-22(23(16-19)29-3)30-14-6-13-26-11-4-5-12-26;1-19-14-11-12(16(17)18)5-6-13(14)20-10-4-9-15-7-2-3-8-15;1-17-14-11-12(15)5-6-13(14)18-10-4-9-16-7-2-3-8-16;1-5-2-3-7(9)6(4-5)8(10)11;1-12-7-4-5(9(10)11)2-3-6(7)8;9-7-3-6-8-4-1-2-5-8;2*1-2/h7-10,15-16H,4-6,11-14H2,1-3H3;5-6,11H,2-4,7-10H2,1H3;5-6,11H,2-4,7-10,15H2,1H3;2-4H,9H2,1H3,(H,10,11);2-4H,1H3;9H,1-7H2;1H3;2H,1H3. The molecule has 4 aliphatic rings. The number of anilines is 2. The molecule has 0 spiro atoms. The average molecular weight is 1560 g/mol. The molecule has 4 saturated heterocycles. The van der Waals surface area contributed by atoms with Gasteiger partial charge in [0, 0.05) is 75.5 Å². The number of hydrogen-bond acceptors (Lipinski definition) is 22. The summed E-state index contributed by atoms with van der Waals surface area (Å²) in [5.74, 6) is 2.67. The van der Waals surface area contributed by atoms with Gasteiger partial charge in [-0.25, -0.2) is 14.2 Å². The summed E-state index contributed by atoms with van der Waals surface area (Å²) in [6, 6.07) is 29.3. The first-order chi connectivity index (χ1) is 50.2. The number of halogens is 2. The minimum absolute atomic E-state index is 0.00580. The van der Waals surface area contributed by atoms with Gasteiger partial charge < -0.3 is 79.5 Å². The molecule has 0 amide bonds. The smallest absolute Gasteiger partial charge is 0.337 e. The fourth-order valence-electron chi connectivity index (χ4n) is 11.7. The monoisotopic (exact) mass is 1560 g/mol. The number of aromatic nitrogens is 2. The highest BCUT2D eigenvalue weighted by atomic mass is 127. The van der Waals surface area contributed by atoms with Gasteiger partial charge in [0.1, 0.15) is 5.82 Å². The number of ether oxygens (including phenoxy) is 7. The van der Waals surface area contributed by atoms with Crippen LogP contribution in [0.4, 0.5) is 27.1 Å². The van der Waals surface area contributed by atoms with Crippen LogP contribution in [0.15, 0.2) is 114 Å². The highest BCUT2D eigenvalue weighted by molar-refractivity contribution is 14.1. The van der Waals surface area contributed by atoms with Crippen LogP contribution in [-0.4, -0.2) is 206 Å². The van der Waals surface area contributed by atoms with Crippen molar-refractivity contribution in [3.8, 4) is 45.9 Å². The van der Waals surface area contributed by atoms with Crippen molar-refractivity contribution in [1.29, 1.82) is 0 Å². The van der Waals surface area contributed by atoms with Gasteiger partial charge >= 0.3 is 5.97 Å². The van der Waals surface area contributed by atoms with Gasteiger partial charge in [0.05, 0.1) is 92.4 Å². The average Bonchev–Trinajstić information content (AvgIpc) is 0.898. The van der Waals surface area contributed by atoms with E-state index in [4.69, 9.17) is 55.2 Å².